The minimum absolute atomic E-state index is 0.208. The number of alkyl carbamates (subject to hydrolysis) is 1. The molecular weight excluding hydrogens is 546 g/mol. The summed E-state index contributed by atoms with van der Waals surface area (Å²) in [7, 11) is 0. The van der Waals surface area contributed by atoms with Gasteiger partial charge in [0, 0.05) is 12.5 Å². The maximum atomic E-state index is 14.4. The van der Waals surface area contributed by atoms with Crippen LogP contribution in [0.4, 0.5) is 4.79 Å². The summed E-state index contributed by atoms with van der Waals surface area (Å²) >= 11 is 0. The van der Waals surface area contributed by atoms with Crippen molar-refractivity contribution in [1.82, 2.24) is 15.5 Å². The average Bonchev–Trinajstić information content (AvgIpc) is 2.85. The van der Waals surface area contributed by atoms with E-state index in [0.29, 0.717) is 5.56 Å². The highest BCUT2D eigenvalue weighted by Gasteiger charge is 2.42. The molecule has 0 aliphatic heterocycles. The van der Waals surface area contributed by atoms with E-state index in [-0.39, 0.29) is 12.5 Å². The molecule has 234 valence electrons. The Kier molecular flexibility index (Phi) is 11.0. The van der Waals surface area contributed by atoms with Gasteiger partial charge >= 0.3 is 12.1 Å². The van der Waals surface area contributed by atoms with E-state index in [9.17, 15) is 19.2 Å². The third-order valence-electron chi connectivity index (χ3n) is 7.13. The summed E-state index contributed by atoms with van der Waals surface area (Å²) in [6, 6.07) is 13.6. The lowest BCUT2D eigenvalue weighted by Crippen LogP contribution is -2.58. The van der Waals surface area contributed by atoms with Crippen LogP contribution in [0, 0.1) is 6.92 Å². The standard InChI is InChI=1S/C34H47N3O6/c1-22-15-12-13-20-26(22)28(37(25-18-14-19-25)30(39)23(2)35-32(41)43-34(6,7)8)29(38)36-27(31(40)42-33(3,4)5)21-24-16-10-9-11-17-24/h9-13,15-17,20,23,25,27-28H,14,18-19,21H2,1-8H3,(H,35,41)(H,36,38). The maximum absolute atomic E-state index is 14.4. The van der Waals surface area contributed by atoms with Gasteiger partial charge in [-0.25, -0.2) is 9.59 Å². The first-order valence-corrected chi connectivity index (χ1v) is 15.0. The first-order valence-electron chi connectivity index (χ1n) is 15.0. The van der Waals surface area contributed by atoms with Crippen molar-refractivity contribution in [2.24, 2.45) is 0 Å². The van der Waals surface area contributed by atoms with Crippen LogP contribution in [-0.2, 0) is 30.3 Å². The largest absolute Gasteiger partial charge is 0.458 e. The number of hydrogen-bond donors (Lipinski definition) is 2. The fourth-order valence-electron chi connectivity index (χ4n) is 4.93. The van der Waals surface area contributed by atoms with Crippen LogP contribution in [0.1, 0.15) is 90.5 Å². The number of aryl methyl sites for hydroxylation is 1. The number of carbonyl (C=O) groups excluding carboxylic acids is 4. The first kappa shape index (κ1) is 33.6. The topological polar surface area (TPSA) is 114 Å². The molecule has 0 radical (unpaired) electrons. The van der Waals surface area contributed by atoms with E-state index in [0.717, 1.165) is 30.4 Å². The average molecular weight is 594 g/mol. The fraction of sp³-hybridized carbons (Fsp3) is 0.529. The van der Waals surface area contributed by atoms with Crippen molar-refractivity contribution in [3.05, 3.63) is 71.3 Å². The number of hydrogen-bond acceptors (Lipinski definition) is 6. The van der Waals surface area contributed by atoms with Gasteiger partial charge in [-0.2, -0.15) is 0 Å². The molecule has 9 nitrogen and oxygen atoms in total. The van der Waals surface area contributed by atoms with Crippen molar-refractivity contribution in [1.29, 1.82) is 0 Å². The normalized spacial score (nSPS) is 15.7. The molecule has 0 saturated heterocycles. The molecule has 1 fully saturated rings. The minimum atomic E-state index is -1.04. The summed E-state index contributed by atoms with van der Waals surface area (Å²) in [4.78, 5) is 56.0. The molecule has 43 heavy (non-hydrogen) atoms. The van der Waals surface area contributed by atoms with E-state index in [1.54, 1.807) is 53.4 Å². The molecule has 2 aromatic carbocycles. The molecule has 1 saturated carbocycles. The van der Waals surface area contributed by atoms with Crippen LogP contribution in [0.5, 0.6) is 0 Å². The van der Waals surface area contributed by atoms with Crippen molar-refractivity contribution in [2.75, 3.05) is 0 Å². The van der Waals surface area contributed by atoms with Crippen LogP contribution < -0.4 is 10.6 Å². The predicted molar refractivity (Wildman–Crippen MR) is 165 cm³/mol. The number of ether oxygens (including phenoxy) is 2. The molecule has 3 rings (SSSR count). The van der Waals surface area contributed by atoms with Gasteiger partial charge in [0.1, 0.15) is 29.3 Å². The monoisotopic (exact) mass is 593 g/mol. The van der Waals surface area contributed by atoms with Gasteiger partial charge in [0.05, 0.1) is 0 Å². The maximum Gasteiger partial charge on any atom is 0.408 e. The van der Waals surface area contributed by atoms with E-state index >= 15 is 0 Å². The zero-order valence-electron chi connectivity index (χ0n) is 26.7. The summed E-state index contributed by atoms with van der Waals surface area (Å²) in [5, 5.41) is 5.58. The van der Waals surface area contributed by atoms with Gasteiger partial charge in [-0.15, -0.1) is 0 Å². The molecule has 2 N–H and O–H groups in total. The van der Waals surface area contributed by atoms with Crippen LogP contribution in [0.15, 0.2) is 54.6 Å². The van der Waals surface area contributed by atoms with E-state index in [4.69, 9.17) is 9.47 Å². The molecule has 2 aromatic rings. The molecular formula is C34H47N3O6. The van der Waals surface area contributed by atoms with Gasteiger partial charge in [-0.3, -0.25) is 9.59 Å². The number of carbonyl (C=O) groups is 4. The van der Waals surface area contributed by atoms with E-state index < -0.39 is 53.2 Å². The van der Waals surface area contributed by atoms with Gasteiger partial charge in [-0.1, -0.05) is 54.6 Å². The van der Waals surface area contributed by atoms with Crippen LogP contribution in [0.25, 0.3) is 0 Å². The Bertz CT molecular complexity index is 1280. The number of esters is 1. The zero-order valence-corrected chi connectivity index (χ0v) is 26.7. The van der Waals surface area contributed by atoms with Gasteiger partial charge in [-0.05, 0) is 91.3 Å². The van der Waals surface area contributed by atoms with E-state index in [2.05, 4.69) is 10.6 Å². The van der Waals surface area contributed by atoms with Crippen LogP contribution >= 0.6 is 0 Å². The summed E-state index contributed by atoms with van der Waals surface area (Å²) in [6.45, 7) is 14.0. The van der Waals surface area contributed by atoms with E-state index in [1.165, 1.54) is 0 Å². The Balaban J connectivity index is 2.00. The zero-order chi connectivity index (χ0) is 31.9. The van der Waals surface area contributed by atoms with Crippen LogP contribution in [0.2, 0.25) is 0 Å². The van der Waals surface area contributed by atoms with E-state index in [1.807, 2.05) is 61.5 Å². The predicted octanol–water partition coefficient (Wildman–Crippen LogP) is 5.40. The number of rotatable bonds is 10. The van der Waals surface area contributed by atoms with Crippen LogP contribution in [-0.4, -0.2) is 58.1 Å². The number of nitrogens with zero attached hydrogens (tertiary/aromatic N) is 1. The summed E-state index contributed by atoms with van der Waals surface area (Å²) in [6.07, 6.45) is 1.86. The molecule has 9 heteroatoms. The highest BCUT2D eigenvalue weighted by Crippen LogP contribution is 2.35. The Morgan fingerprint density at radius 3 is 1.98 bits per heavy atom. The van der Waals surface area contributed by atoms with Crippen LogP contribution in [0.3, 0.4) is 0 Å². The summed E-state index contributed by atoms with van der Waals surface area (Å²) < 4.78 is 11.1. The Morgan fingerprint density at radius 2 is 1.44 bits per heavy atom. The fourth-order valence-corrected chi connectivity index (χ4v) is 4.93. The highest BCUT2D eigenvalue weighted by molar-refractivity contribution is 5.94. The number of benzene rings is 2. The second-order valence-electron chi connectivity index (χ2n) is 13.2. The number of nitrogens with one attached hydrogen (secondary N) is 2. The smallest absolute Gasteiger partial charge is 0.408 e. The molecule has 3 unspecified atom stereocenters. The minimum Gasteiger partial charge on any atom is -0.458 e. The SMILES string of the molecule is Cc1ccccc1C(C(=O)NC(Cc1ccccc1)C(=O)OC(C)(C)C)N(C(=O)C(C)NC(=O)OC(C)(C)C)C1CCC1. The van der Waals surface area contributed by atoms with Crippen molar-refractivity contribution in [2.45, 2.75) is 116 Å². The van der Waals surface area contributed by atoms with Gasteiger partial charge in [0.25, 0.3) is 0 Å². The lowest BCUT2D eigenvalue weighted by Gasteiger charge is -2.43. The molecule has 0 aromatic heterocycles. The molecule has 3 atom stereocenters. The summed E-state index contributed by atoms with van der Waals surface area (Å²) in [5.41, 5.74) is 0.826. The van der Waals surface area contributed by atoms with Crippen molar-refractivity contribution < 1.29 is 28.7 Å². The highest BCUT2D eigenvalue weighted by atomic mass is 16.6. The Labute approximate surface area is 255 Å². The van der Waals surface area contributed by atoms with Crippen molar-refractivity contribution in [3.8, 4) is 0 Å². The van der Waals surface area contributed by atoms with Gasteiger partial charge < -0.3 is 25.0 Å². The molecule has 1 aliphatic rings. The van der Waals surface area contributed by atoms with Gasteiger partial charge in [0.2, 0.25) is 11.8 Å². The van der Waals surface area contributed by atoms with Crippen molar-refractivity contribution in [3.63, 3.8) is 0 Å². The third-order valence-corrected chi connectivity index (χ3v) is 7.13. The molecule has 0 bridgehead atoms. The van der Waals surface area contributed by atoms with Gasteiger partial charge in [0.15, 0.2) is 0 Å². The second kappa shape index (κ2) is 14.1. The molecule has 3 amide bonds. The van der Waals surface area contributed by atoms with Crippen molar-refractivity contribution >= 4 is 23.9 Å². The lowest BCUT2D eigenvalue weighted by molar-refractivity contribution is -0.159. The molecule has 0 spiro atoms. The Hall–Kier alpha value is -3.88. The lowest BCUT2D eigenvalue weighted by atomic mass is 9.87. The third kappa shape index (κ3) is 9.83. The first-order chi connectivity index (χ1) is 20.1. The molecule has 1 aliphatic carbocycles. The molecule has 0 heterocycles. The number of amides is 3. The quantitative estimate of drug-likeness (QED) is 0.357. The second-order valence-corrected chi connectivity index (χ2v) is 13.2. The summed E-state index contributed by atoms with van der Waals surface area (Å²) in [5.74, 6) is -1.46. The Morgan fingerprint density at radius 1 is 0.860 bits per heavy atom.